The minimum atomic E-state index is -2.58. The number of nitriles is 1. The Kier molecular flexibility index (Phi) is 4.48. The number of aliphatic hydroxyl groups excluding tert-OH is 2. The van der Waals surface area contributed by atoms with Crippen LogP contribution in [0.25, 0.3) is 6.08 Å². The summed E-state index contributed by atoms with van der Waals surface area (Å²) in [5, 5.41) is 51.3. The van der Waals surface area contributed by atoms with Crippen molar-refractivity contribution in [3.8, 4) is 11.8 Å². The predicted molar refractivity (Wildman–Crippen MR) is 105 cm³/mol. The number of fused-ring (bicyclic) bond motifs is 3. The normalized spacial score (nSPS) is 27.6. The molecule has 3 aliphatic rings. The zero-order chi connectivity index (χ0) is 22.7. The van der Waals surface area contributed by atoms with Crippen molar-refractivity contribution in [3.05, 3.63) is 57.6 Å². The summed E-state index contributed by atoms with van der Waals surface area (Å²) in [5.41, 5.74) is 2.48. The monoisotopic (exact) mass is 422 g/mol. The number of ketones is 2. The minimum absolute atomic E-state index is 0.0555. The lowest BCUT2D eigenvalue weighted by Crippen LogP contribution is -2.57. The molecule has 0 spiro atoms. The number of benzene rings is 1. The van der Waals surface area contributed by atoms with E-state index in [1.807, 2.05) is 6.07 Å². The maximum atomic E-state index is 13.3. The molecule has 1 amide bonds. The van der Waals surface area contributed by atoms with Gasteiger partial charge in [0.25, 0.3) is 5.91 Å². The number of allylic oxidation sites excluding steroid dienone is 3. The van der Waals surface area contributed by atoms with Crippen LogP contribution in [0.3, 0.4) is 0 Å². The topological polar surface area (TPSA) is 182 Å². The third-order valence-electron chi connectivity index (χ3n) is 6.32. The fourth-order valence-electron chi connectivity index (χ4n) is 4.93. The third kappa shape index (κ3) is 2.69. The summed E-state index contributed by atoms with van der Waals surface area (Å²) < 4.78 is 0. The van der Waals surface area contributed by atoms with Crippen LogP contribution in [0, 0.1) is 23.2 Å². The molecule has 1 aromatic rings. The Morgan fingerprint density at radius 1 is 1.23 bits per heavy atom. The molecule has 0 aromatic heterocycles. The highest BCUT2D eigenvalue weighted by atomic mass is 16.3. The van der Waals surface area contributed by atoms with E-state index in [2.05, 4.69) is 0 Å². The van der Waals surface area contributed by atoms with E-state index in [1.165, 1.54) is 18.2 Å². The maximum absolute atomic E-state index is 13.3. The number of nitrogens with zero attached hydrogens (tertiary/aromatic N) is 1. The molecule has 0 unspecified atom stereocenters. The molecule has 3 aliphatic carbocycles. The Morgan fingerprint density at radius 3 is 2.58 bits per heavy atom. The van der Waals surface area contributed by atoms with Gasteiger partial charge in [-0.2, -0.15) is 5.26 Å². The van der Waals surface area contributed by atoms with Crippen LogP contribution in [0.15, 0.2) is 40.9 Å². The van der Waals surface area contributed by atoms with Crippen molar-refractivity contribution >= 4 is 23.5 Å². The molecule has 0 fully saturated rings. The number of Topliss-reactive ketones (excluding diaryl/α,β-unsaturated/α-hetero) is 2. The average molecular weight is 422 g/mol. The number of amides is 1. The van der Waals surface area contributed by atoms with Crippen molar-refractivity contribution in [2.45, 2.75) is 24.9 Å². The first-order valence-electron chi connectivity index (χ1n) is 9.51. The number of carbonyl (C=O) groups is 3. The predicted octanol–water partition coefficient (Wildman–Crippen LogP) is 1.12. The lowest BCUT2D eigenvalue weighted by molar-refractivity contribution is -0.144. The van der Waals surface area contributed by atoms with E-state index in [0.29, 0.717) is 11.1 Å². The van der Waals surface area contributed by atoms with Crippen molar-refractivity contribution in [3.63, 3.8) is 0 Å². The van der Waals surface area contributed by atoms with Crippen LogP contribution in [0.2, 0.25) is 0 Å². The number of primary amides is 1. The maximum Gasteiger partial charge on any atom is 0.255 e. The van der Waals surface area contributed by atoms with E-state index in [1.54, 1.807) is 6.07 Å². The highest BCUT2D eigenvalue weighted by molar-refractivity contribution is 6.24. The Balaban J connectivity index is 1.91. The van der Waals surface area contributed by atoms with Gasteiger partial charge in [0.05, 0.1) is 11.6 Å². The van der Waals surface area contributed by atoms with E-state index < -0.39 is 52.0 Å². The van der Waals surface area contributed by atoms with Crippen LogP contribution in [-0.2, 0) is 16.0 Å². The fourth-order valence-corrected chi connectivity index (χ4v) is 4.93. The molecule has 0 bridgehead atoms. The first-order chi connectivity index (χ1) is 14.6. The lowest BCUT2D eigenvalue weighted by Gasteiger charge is -2.45. The van der Waals surface area contributed by atoms with Gasteiger partial charge in [-0.25, -0.2) is 0 Å². The first kappa shape index (κ1) is 20.4. The molecule has 1 aromatic carbocycles. The van der Waals surface area contributed by atoms with E-state index in [-0.39, 0.29) is 36.1 Å². The molecule has 4 rings (SSSR count). The van der Waals surface area contributed by atoms with Crippen LogP contribution in [-0.4, -0.2) is 43.5 Å². The third-order valence-corrected chi connectivity index (χ3v) is 6.32. The smallest absolute Gasteiger partial charge is 0.255 e. The molecule has 9 nitrogen and oxygen atoms in total. The molecular formula is C22H18N2O7. The molecule has 31 heavy (non-hydrogen) atoms. The largest absolute Gasteiger partial charge is 0.511 e. The van der Waals surface area contributed by atoms with Gasteiger partial charge in [0.15, 0.2) is 11.4 Å². The molecule has 0 radical (unpaired) electrons. The van der Waals surface area contributed by atoms with Crippen molar-refractivity contribution < 1.29 is 34.8 Å². The molecule has 6 N–H and O–H groups in total. The number of aromatic hydroxyl groups is 1. The summed E-state index contributed by atoms with van der Waals surface area (Å²) in [6, 6.07) is 4.70. The van der Waals surface area contributed by atoms with Gasteiger partial charge in [-0.1, -0.05) is 6.07 Å². The van der Waals surface area contributed by atoms with E-state index >= 15 is 0 Å². The molecule has 3 atom stereocenters. The number of carbonyl (C=O) groups excluding carboxylic acids is 3. The van der Waals surface area contributed by atoms with Crippen molar-refractivity contribution in [1.82, 2.24) is 0 Å². The van der Waals surface area contributed by atoms with Gasteiger partial charge in [0.2, 0.25) is 5.78 Å². The van der Waals surface area contributed by atoms with Gasteiger partial charge < -0.3 is 26.2 Å². The number of rotatable bonds is 2. The molecule has 0 aliphatic heterocycles. The quantitative estimate of drug-likeness (QED) is 0.347. The number of hydrogen-bond acceptors (Lipinski definition) is 8. The summed E-state index contributed by atoms with van der Waals surface area (Å²) in [6.45, 7) is 0. The van der Waals surface area contributed by atoms with Gasteiger partial charge in [-0.3, -0.25) is 14.4 Å². The van der Waals surface area contributed by atoms with Gasteiger partial charge >= 0.3 is 0 Å². The molecule has 9 heteroatoms. The lowest BCUT2D eigenvalue weighted by atomic mass is 9.60. The highest BCUT2D eigenvalue weighted by Gasteiger charge is 2.59. The Bertz CT molecular complexity index is 1200. The molecule has 0 saturated heterocycles. The number of nitrogens with two attached hydrogens (primary N) is 1. The second-order valence-electron chi connectivity index (χ2n) is 7.90. The molecular weight excluding hydrogens is 404 g/mol. The zero-order valence-corrected chi connectivity index (χ0v) is 16.1. The van der Waals surface area contributed by atoms with Crippen molar-refractivity contribution in [2.24, 2.45) is 17.6 Å². The standard InChI is InChI=1S/C22H18N2O7/c23-5-1-2-9-3-4-13(25)16-12(9)7-10-6-11-8-14(26)17(21(24)30)20(29)22(11,31)19(28)15(10)18(16)27/h1-4,10-11,25-26,28,31H,6-8H2,(H2,24,30)/t10-,11+,22+/m1/s1. The second-order valence-corrected chi connectivity index (χ2v) is 7.90. The summed E-state index contributed by atoms with van der Waals surface area (Å²) in [5.74, 6) is -6.66. The van der Waals surface area contributed by atoms with Crippen LogP contribution in [0.5, 0.6) is 5.75 Å². The summed E-state index contributed by atoms with van der Waals surface area (Å²) in [4.78, 5) is 37.7. The molecule has 0 heterocycles. The van der Waals surface area contributed by atoms with E-state index in [9.17, 15) is 34.8 Å². The van der Waals surface area contributed by atoms with E-state index in [0.717, 1.165) is 0 Å². The van der Waals surface area contributed by atoms with Crippen LogP contribution < -0.4 is 5.73 Å². The Hall–Kier alpha value is -3.90. The zero-order valence-electron chi connectivity index (χ0n) is 16.1. The van der Waals surface area contributed by atoms with E-state index in [4.69, 9.17) is 11.0 Å². The van der Waals surface area contributed by atoms with Gasteiger partial charge in [-0.15, -0.1) is 0 Å². The molecule has 158 valence electrons. The number of hydrogen-bond donors (Lipinski definition) is 5. The van der Waals surface area contributed by atoms with Crippen LogP contribution in [0.4, 0.5) is 0 Å². The van der Waals surface area contributed by atoms with Crippen molar-refractivity contribution in [2.75, 3.05) is 0 Å². The number of aliphatic hydroxyl groups is 3. The fraction of sp³-hybridized carbons (Fsp3) is 0.273. The van der Waals surface area contributed by atoms with Gasteiger partial charge in [0.1, 0.15) is 22.8 Å². The Labute approximate surface area is 176 Å². The number of phenols is 1. The second kappa shape index (κ2) is 6.82. The number of phenolic OH excluding ortho intramolecular Hbond substituents is 1. The molecule has 0 saturated carbocycles. The average Bonchev–Trinajstić information content (AvgIpc) is 2.70. The highest BCUT2D eigenvalue weighted by Crippen LogP contribution is 2.51. The van der Waals surface area contributed by atoms with Crippen LogP contribution >= 0.6 is 0 Å². The van der Waals surface area contributed by atoms with Gasteiger partial charge in [-0.05, 0) is 42.0 Å². The minimum Gasteiger partial charge on any atom is -0.511 e. The summed E-state index contributed by atoms with van der Waals surface area (Å²) >= 11 is 0. The first-order valence-corrected chi connectivity index (χ1v) is 9.51. The summed E-state index contributed by atoms with van der Waals surface area (Å²) in [6.07, 6.45) is 2.69. The van der Waals surface area contributed by atoms with Crippen LogP contribution in [0.1, 0.15) is 34.3 Å². The van der Waals surface area contributed by atoms with Crippen molar-refractivity contribution in [1.29, 1.82) is 5.26 Å². The SMILES string of the molecule is N#CC=Cc1ccc(O)c2c1C[C@H]1C[C@H]3CC(O)=C(C(N)=O)C(=O)[C@@]3(O)C(O)=C1C2=O. The summed E-state index contributed by atoms with van der Waals surface area (Å²) in [7, 11) is 0. The van der Waals surface area contributed by atoms with Gasteiger partial charge in [0, 0.05) is 24.0 Å². The Morgan fingerprint density at radius 2 is 1.94 bits per heavy atom.